The van der Waals surface area contributed by atoms with Crippen molar-refractivity contribution < 1.29 is 13.2 Å². The lowest BCUT2D eigenvalue weighted by Gasteiger charge is -2.31. The first-order valence-corrected chi connectivity index (χ1v) is 11.9. The Morgan fingerprint density at radius 3 is 2.66 bits per heavy atom. The molecule has 1 saturated heterocycles. The molecule has 2 aromatic carbocycles. The first kappa shape index (κ1) is 21.5. The SMILES string of the molecule is Cc1ccc(C)c(NC(=O)[C@@H]2CCCN(S(=O)(=O)CCCc3ccccc3)C2)c1. The van der Waals surface area contributed by atoms with E-state index >= 15 is 0 Å². The monoisotopic (exact) mass is 414 g/mol. The maximum Gasteiger partial charge on any atom is 0.228 e. The number of nitrogens with one attached hydrogen (secondary N) is 1. The Kier molecular flexibility index (Phi) is 7.09. The molecule has 29 heavy (non-hydrogen) atoms. The lowest BCUT2D eigenvalue weighted by atomic mass is 9.98. The summed E-state index contributed by atoms with van der Waals surface area (Å²) in [5.41, 5.74) is 4.03. The molecule has 6 heteroatoms. The number of piperidine rings is 1. The molecule has 0 radical (unpaired) electrons. The lowest BCUT2D eigenvalue weighted by molar-refractivity contribution is -0.120. The lowest BCUT2D eigenvalue weighted by Crippen LogP contribution is -2.44. The van der Waals surface area contributed by atoms with Gasteiger partial charge >= 0.3 is 0 Å². The van der Waals surface area contributed by atoms with E-state index in [9.17, 15) is 13.2 Å². The molecule has 0 bridgehead atoms. The number of carbonyl (C=O) groups excluding carboxylic acids is 1. The number of rotatable bonds is 7. The predicted octanol–water partition coefficient (Wildman–Crippen LogP) is 3.92. The van der Waals surface area contributed by atoms with Gasteiger partial charge in [0.05, 0.1) is 11.7 Å². The molecular weight excluding hydrogens is 384 g/mol. The fraction of sp³-hybridized carbons (Fsp3) is 0.435. The smallest absolute Gasteiger partial charge is 0.228 e. The van der Waals surface area contributed by atoms with Crippen molar-refractivity contribution in [1.82, 2.24) is 4.31 Å². The second-order valence-corrected chi connectivity index (χ2v) is 10.00. The van der Waals surface area contributed by atoms with Crippen LogP contribution in [0.2, 0.25) is 0 Å². The van der Waals surface area contributed by atoms with Crippen molar-refractivity contribution in [2.75, 3.05) is 24.2 Å². The van der Waals surface area contributed by atoms with Gasteiger partial charge in [-0.25, -0.2) is 12.7 Å². The van der Waals surface area contributed by atoms with Crippen molar-refractivity contribution in [3.05, 3.63) is 65.2 Å². The summed E-state index contributed by atoms with van der Waals surface area (Å²) in [7, 11) is -3.35. The molecule has 0 unspecified atom stereocenters. The topological polar surface area (TPSA) is 66.5 Å². The molecule has 1 N–H and O–H groups in total. The molecule has 0 aliphatic carbocycles. The molecule has 0 aromatic heterocycles. The molecule has 0 saturated carbocycles. The Balaban J connectivity index is 1.57. The summed E-state index contributed by atoms with van der Waals surface area (Å²) in [6.45, 7) is 4.71. The van der Waals surface area contributed by atoms with Gasteiger partial charge in [0, 0.05) is 18.8 Å². The number of anilines is 1. The van der Waals surface area contributed by atoms with E-state index in [1.807, 2.05) is 62.4 Å². The van der Waals surface area contributed by atoms with Gasteiger partial charge < -0.3 is 5.32 Å². The predicted molar refractivity (Wildman–Crippen MR) is 117 cm³/mol. The largest absolute Gasteiger partial charge is 0.326 e. The van der Waals surface area contributed by atoms with Gasteiger partial charge in [0.2, 0.25) is 15.9 Å². The highest BCUT2D eigenvalue weighted by Crippen LogP contribution is 2.23. The van der Waals surface area contributed by atoms with Gasteiger partial charge in [0.25, 0.3) is 0 Å². The number of nitrogens with zero attached hydrogens (tertiary/aromatic N) is 1. The highest BCUT2D eigenvalue weighted by Gasteiger charge is 2.32. The molecule has 1 amide bonds. The third-order valence-electron chi connectivity index (χ3n) is 5.51. The van der Waals surface area contributed by atoms with Crippen molar-refractivity contribution in [3.63, 3.8) is 0 Å². The summed E-state index contributed by atoms with van der Waals surface area (Å²) < 4.78 is 27.1. The van der Waals surface area contributed by atoms with Crippen molar-refractivity contribution in [2.45, 2.75) is 39.5 Å². The zero-order chi connectivity index (χ0) is 20.9. The number of hydrogen-bond donors (Lipinski definition) is 1. The molecule has 1 heterocycles. The van der Waals surface area contributed by atoms with Crippen LogP contribution in [0.5, 0.6) is 0 Å². The molecule has 1 aliphatic heterocycles. The summed E-state index contributed by atoms with van der Waals surface area (Å²) >= 11 is 0. The zero-order valence-corrected chi connectivity index (χ0v) is 18.0. The Bertz CT molecular complexity index is 942. The minimum absolute atomic E-state index is 0.0946. The number of benzene rings is 2. The van der Waals surface area contributed by atoms with E-state index in [2.05, 4.69) is 5.32 Å². The summed E-state index contributed by atoms with van der Waals surface area (Å²) in [6.07, 6.45) is 2.75. The average Bonchev–Trinajstić information content (AvgIpc) is 2.71. The minimum atomic E-state index is -3.35. The van der Waals surface area contributed by atoms with E-state index in [-0.39, 0.29) is 24.1 Å². The quantitative estimate of drug-likeness (QED) is 0.747. The maximum absolute atomic E-state index is 12.8. The van der Waals surface area contributed by atoms with Gasteiger partial charge in [-0.05, 0) is 62.3 Å². The Morgan fingerprint density at radius 2 is 1.90 bits per heavy atom. The van der Waals surface area contributed by atoms with Gasteiger partial charge in [0.1, 0.15) is 0 Å². The van der Waals surface area contributed by atoms with Crippen molar-refractivity contribution >= 4 is 21.6 Å². The van der Waals surface area contributed by atoms with Crippen LogP contribution in [0.4, 0.5) is 5.69 Å². The number of sulfonamides is 1. The number of aryl methyl sites for hydroxylation is 3. The van der Waals surface area contributed by atoms with Crippen LogP contribution >= 0.6 is 0 Å². The highest BCUT2D eigenvalue weighted by atomic mass is 32.2. The van der Waals surface area contributed by atoms with Crippen LogP contribution in [0.25, 0.3) is 0 Å². The third-order valence-corrected chi connectivity index (χ3v) is 7.43. The molecule has 0 spiro atoms. The average molecular weight is 415 g/mol. The van der Waals surface area contributed by atoms with Gasteiger partial charge in [-0.1, -0.05) is 42.5 Å². The Labute approximate surface area is 174 Å². The van der Waals surface area contributed by atoms with Crippen LogP contribution in [0, 0.1) is 19.8 Å². The second-order valence-electron chi connectivity index (χ2n) is 7.91. The normalized spacial score (nSPS) is 17.8. The van der Waals surface area contributed by atoms with E-state index in [0.29, 0.717) is 25.8 Å². The Morgan fingerprint density at radius 1 is 1.14 bits per heavy atom. The van der Waals surface area contributed by atoms with Crippen LogP contribution in [-0.4, -0.2) is 37.5 Å². The minimum Gasteiger partial charge on any atom is -0.326 e. The molecule has 2 aromatic rings. The van der Waals surface area contributed by atoms with Gasteiger partial charge in [-0.2, -0.15) is 0 Å². The fourth-order valence-electron chi connectivity index (χ4n) is 3.75. The number of carbonyl (C=O) groups is 1. The summed E-state index contributed by atoms with van der Waals surface area (Å²) in [6, 6.07) is 15.9. The zero-order valence-electron chi connectivity index (χ0n) is 17.2. The first-order chi connectivity index (χ1) is 13.8. The van der Waals surface area contributed by atoms with Gasteiger partial charge in [-0.15, -0.1) is 0 Å². The van der Waals surface area contributed by atoms with E-state index in [1.165, 1.54) is 4.31 Å². The fourth-order valence-corrected chi connectivity index (χ4v) is 5.33. The standard InChI is InChI=1S/C23H30N2O3S/c1-18-12-13-19(2)22(16-18)24-23(26)21-11-6-14-25(17-21)29(27,28)15-7-10-20-8-4-3-5-9-20/h3-5,8-9,12-13,16,21H,6-7,10-11,14-15,17H2,1-2H3,(H,24,26)/t21-/m1/s1. The number of hydrogen-bond acceptors (Lipinski definition) is 3. The molecule has 3 rings (SSSR count). The molecule has 1 atom stereocenters. The summed E-state index contributed by atoms with van der Waals surface area (Å²) in [5.74, 6) is -0.289. The van der Waals surface area contributed by atoms with E-state index < -0.39 is 10.0 Å². The van der Waals surface area contributed by atoms with Crippen LogP contribution in [-0.2, 0) is 21.2 Å². The molecule has 5 nitrogen and oxygen atoms in total. The Hall–Kier alpha value is -2.18. The molecule has 1 fully saturated rings. The van der Waals surface area contributed by atoms with E-state index in [0.717, 1.165) is 28.8 Å². The van der Waals surface area contributed by atoms with Crippen molar-refractivity contribution in [3.8, 4) is 0 Å². The highest BCUT2D eigenvalue weighted by molar-refractivity contribution is 7.89. The molecule has 1 aliphatic rings. The number of amides is 1. The van der Waals surface area contributed by atoms with Gasteiger partial charge in [0.15, 0.2) is 0 Å². The van der Waals surface area contributed by atoms with Crippen LogP contribution in [0.3, 0.4) is 0 Å². The maximum atomic E-state index is 12.8. The summed E-state index contributed by atoms with van der Waals surface area (Å²) in [5, 5.41) is 3.00. The van der Waals surface area contributed by atoms with Crippen LogP contribution in [0.1, 0.15) is 36.0 Å². The molecule has 156 valence electrons. The van der Waals surface area contributed by atoms with Crippen LogP contribution in [0.15, 0.2) is 48.5 Å². The van der Waals surface area contributed by atoms with E-state index in [4.69, 9.17) is 0 Å². The second kappa shape index (κ2) is 9.55. The van der Waals surface area contributed by atoms with Crippen LogP contribution < -0.4 is 5.32 Å². The van der Waals surface area contributed by atoms with Gasteiger partial charge in [-0.3, -0.25) is 4.79 Å². The van der Waals surface area contributed by atoms with E-state index in [1.54, 1.807) is 0 Å². The molecular formula is C23H30N2O3S. The van der Waals surface area contributed by atoms with Crippen molar-refractivity contribution in [2.24, 2.45) is 5.92 Å². The third kappa shape index (κ3) is 5.90. The summed E-state index contributed by atoms with van der Waals surface area (Å²) in [4.78, 5) is 12.8. The van der Waals surface area contributed by atoms with Crippen molar-refractivity contribution in [1.29, 1.82) is 0 Å². The first-order valence-electron chi connectivity index (χ1n) is 10.2.